The molecule has 1 aromatic heterocycles. The van der Waals surface area contributed by atoms with Crippen molar-refractivity contribution in [2.24, 2.45) is 5.73 Å². The molecule has 0 aliphatic carbocycles. The van der Waals surface area contributed by atoms with E-state index in [-0.39, 0.29) is 6.04 Å². The van der Waals surface area contributed by atoms with Crippen LogP contribution in [-0.2, 0) is 16.0 Å². The summed E-state index contributed by atoms with van der Waals surface area (Å²) in [5.74, 6) is 0. The van der Waals surface area contributed by atoms with E-state index in [0.29, 0.717) is 0 Å². The zero-order chi connectivity index (χ0) is 11.3. The number of nitrogens with zero attached hydrogens (tertiary/aromatic N) is 3. The van der Waals surface area contributed by atoms with Crippen LogP contribution in [0.1, 0.15) is 25.1 Å². The van der Waals surface area contributed by atoms with Crippen LogP contribution in [0.25, 0.3) is 0 Å². The van der Waals surface area contributed by atoms with E-state index in [1.165, 1.54) is 0 Å². The van der Waals surface area contributed by atoms with E-state index in [9.17, 15) is 0 Å². The number of aromatic nitrogens is 3. The van der Waals surface area contributed by atoms with Gasteiger partial charge in [0, 0.05) is 20.8 Å². The molecule has 0 aromatic carbocycles. The normalized spacial score (nSPS) is 13.4. The zero-order valence-corrected chi connectivity index (χ0v) is 9.38. The van der Waals surface area contributed by atoms with Gasteiger partial charge in [0.15, 0.2) is 6.29 Å². The number of rotatable bonds is 6. The lowest BCUT2D eigenvalue weighted by Crippen LogP contribution is -2.31. The van der Waals surface area contributed by atoms with Crippen LogP contribution in [0.5, 0.6) is 0 Å². The van der Waals surface area contributed by atoms with Crippen LogP contribution in [0.15, 0.2) is 6.20 Å². The Bertz CT molecular complexity index is 285. The van der Waals surface area contributed by atoms with Gasteiger partial charge in [0.05, 0.1) is 11.9 Å². The Kier molecular flexibility index (Phi) is 4.67. The Balaban J connectivity index is 2.79. The van der Waals surface area contributed by atoms with Crippen molar-refractivity contribution in [1.82, 2.24) is 15.0 Å². The molecular weight excluding hydrogens is 196 g/mol. The van der Waals surface area contributed by atoms with E-state index in [2.05, 4.69) is 17.2 Å². The van der Waals surface area contributed by atoms with Crippen molar-refractivity contribution >= 4 is 0 Å². The smallest absolute Gasteiger partial charge is 0.177 e. The number of aryl methyl sites for hydroxylation is 1. The van der Waals surface area contributed by atoms with E-state index in [1.54, 1.807) is 25.1 Å². The number of nitrogens with two attached hydrogens (primary N) is 1. The van der Waals surface area contributed by atoms with Gasteiger partial charge in [-0.3, -0.25) is 0 Å². The van der Waals surface area contributed by atoms with Gasteiger partial charge in [0.1, 0.15) is 6.04 Å². The van der Waals surface area contributed by atoms with Crippen LogP contribution in [0, 0.1) is 0 Å². The number of ether oxygens (including phenoxy) is 2. The molecule has 0 saturated carbocycles. The standard InChI is InChI=1S/C9H18N4O2/c1-4-5-13-7(6-11-12-13)8(10)9(14-2)15-3/h6,8-9H,4-5,10H2,1-3H3. The molecule has 0 fully saturated rings. The maximum Gasteiger partial charge on any atom is 0.177 e. The molecule has 15 heavy (non-hydrogen) atoms. The van der Waals surface area contributed by atoms with Crippen molar-refractivity contribution in [3.8, 4) is 0 Å². The second kappa shape index (κ2) is 5.79. The molecule has 0 bridgehead atoms. The van der Waals surface area contributed by atoms with Gasteiger partial charge in [0.25, 0.3) is 0 Å². The third-order valence-electron chi connectivity index (χ3n) is 2.18. The molecule has 6 nitrogen and oxygen atoms in total. The lowest BCUT2D eigenvalue weighted by Gasteiger charge is -2.21. The highest BCUT2D eigenvalue weighted by molar-refractivity contribution is 5.02. The van der Waals surface area contributed by atoms with Gasteiger partial charge in [-0.2, -0.15) is 0 Å². The van der Waals surface area contributed by atoms with Crippen LogP contribution in [0.3, 0.4) is 0 Å². The molecule has 1 rings (SSSR count). The fourth-order valence-corrected chi connectivity index (χ4v) is 1.44. The minimum absolute atomic E-state index is 0.374. The van der Waals surface area contributed by atoms with Crippen molar-refractivity contribution in [2.75, 3.05) is 14.2 Å². The molecule has 2 N–H and O–H groups in total. The van der Waals surface area contributed by atoms with Gasteiger partial charge in [-0.05, 0) is 6.42 Å². The molecule has 6 heteroatoms. The molecule has 0 amide bonds. The highest BCUT2D eigenvalue weighted by Crippen LogP contribution is 2.15. The fraction of sp³-hybridized carbons (Fsp3) is 0.778. The molecule has 1 atom stereocenters. The molecule has 1 aromatic rings. The first-order valence-electron chi connectivity index (χ1n) is 4.94. The predicted molar refractivity (Wildman–Crippen MR) is 55.0 cm³/mol. The number of methoxy groups -OCH3 is 2. The first-order valence-corrected chi connectivity index (χ1v) is 4.94. The third-order valence-corrected chi connectivity index (χ3v) is 2.18. The van der Waals surface area contributed by atoms with Crippen LogP contribution in [0.2, 0.25) is 0 Å². The van der Waals surface area contributed by atoms with Gasteiger partial charge in [-0.15, -0.1) is 5.10 Å². The Morgan fingerprint density at radius 2 is 2.13 bits per heavy atom. The summed E-state index contributed by atoms with van der Waals surface area (Å²) in [5.41, 5.74) is 6.81. The largest absolute Gasteiger partial charge is 0.354 e. The summed E-state index contributed by atoms with van der Waals surface area (Å²) >= 11 is 0. The van der Waals surface area contributed by atoms with Gasteiger partial charge >= 0.3 is 0 Å². The fourth-order valence-electron chi connectivity index (χ4n) is 1.44. The Morgan fingerprint density at radius 1 is 1.47 bits per heavy atom. The Morgan fingerprint density at radius 3 is 2.67 bits per heavy atom. The average Bonchev–Trinajstić information content (AvgIpc) is 2.68. The van der Waals surface area contributed by atoms with Gasteiger partial charge in [-0.25, -0.2) is 4.68 Å². The molecule has 0 aliphatic heterocycles. The molecule has 86 valence electrons. The molecule has 1 heterocycles. The lowest BCUT2D eigenvalue weighted by molar-refractivity contribution is -0.118. The Labute approximate surface area is 89.3 Å². The minimum atomic E-state index is -0.473. The van der Waals surface area contributed by atoms with E-state index in [0.717, 1.165) is 18.7 Å². The highest BCUT2D eigenvalue weighted by Gasteiger charge is 2.22. The highest BCUT2D eigenvalue weighted by atomic mass is 16.7. The van der Waals surface area contributed by atoms with Crippen molar-refractivity contribution in [3.05, 3.63) is 11.9 Å². The first kappa shape index (κ1) is 12.1. The summed E-state index contributed by atoms with van der Waals surface area (Å²) in [4.78, 5) is 0. The molecule has 0 saturated heterocycles. The molecular formula is C9H18N4O2. The molecule has 1 unspecified atom stereocenters. The Hall–Kier alpha value is -0.980. The molecule has 0 aliphatic rings. The average molecular weight is 214 g/mol. The number of hydrogen-bond acceptors (Lipinski definition) is 5. The van der Waals surface area contributed by atoms with Crippen LogP contribution in [0.4, 0.5) is 0 Å². The number of hydrogen-bond donors (Lipinski definition) is 1. The predicted octanol–water partition coefficient (Wildman–Crippen LogP) is 0.307. The zero-order valence-electron chi connectivity index (χ0n) is 9.38. The van der Waals surface area contributed by atoms with Crippen LogP contribution >= 0.6 is 0 Å². The van der Waals surface area contributed by atoms with E-state index < -0.39 is 6.29 Å². The van der Waals surface area contributed by atoms with Gasteiger partial charge < -0.3 is 15.2 Å². The summed E-state index contributed by atoms with van der Waals surface area (Å²) in [6, 6.07) is -0.374. The first-order chi connectivity index (χ1) is 7.24. The second-order valence-electron chi connectivity index (χ2n) is 3.25. The van der Waals surface area contributed by atoms with E-state index >= 15 is 0 Å². The second-order valence-corrected chi connectivity index (χ2v) is 3.25. The quantitative estimate of drug-likeness (QED) is 0.690. The van der Waals surface area contributed by atoms with Crippen molar-refractivity contribution in [3.63, 3.8) is 0 Å². The summed E-state index contributed by atoms with van der Waals surface area (Å²) in [6.45, 7) is 2.87. The van der Waals surface area contributed by atoms with Crippen LogP contribution in [-0.4, -0.2) is 35.5 Å². The summed E-state index contributed by atoms with van der Waals surface area (Å²) in [7, 11) is 3.12. The maximum absolute atomic E-state index is 5.98. The van der Waals surface area contributed by atoms with E-state index in [1.807, 2.05) is 0 Å². The van der Waals surface area contributed by atoms with Crippen molar-refractivity contribution in [2.45, 2.75) is 32.2 Å². The van der Waals surface area contributed by atoms with E-state index in [4.69, 9.17) is 15.2 Å². The third kappa shape index (κ3) is 2.74. The monoisotopic (exact) mass is 214 g/mol. The van der Waals surface area contributed by atoms with Crippen molar-refractivity contribution in [1.29, 1.82) is 0 Å². The van der Waals surface area contributed by atoms with Gasteiger partial charge in [0.2, 0.25) is 0 Å². The summed E-state index contributed by atoms with van der Waals surface area (Å²) in [6.07, 6.45) is 2.15. The lowest BCUT2D eigenvalue weighted by atomic mass is 10.2. The topological polar surface area (TPSA) is 75.2 Å². The SMILES string of the molecule is CCCn1nncc1C(N)C(OC)OC. The summed E-state index contributed by atoms with van der Waals surface area (Å²) < 4.78 is 12.0. The molecule has 0 radical (unpaired) electrons. The van der Waals surface area contributed by atoms with Gasteiger partial charge in [-0.1, -0.05) is 12.1 Å². The molecule has 0 spiro atoms. The van der Waals surface area contributed by atoms with Crippen LogP contribution < -0.4 is 5.73 Å². The minimum Gasteiger partial charge on any atom is -0.354 e. The maximum atomic E-state index is 5.98. The summed E-state index contributed by atoms with van der Waals surface area (Å²) in [5, 5.41) is 7.79. The van der Waals surface area contributed by atoms with Crippen molar-refractivity contribution < 1.29 is 9.47 Å².